The van der Waals surface area contributed by atoms with Gasteiger partial charge >= 0.3 is 6.61 Å². The van der Waals surface area contributed by atoms with Crippen molar-refractivity contribution >= 4 is 17.7 Å². The number of aromatic nitrogens is 3. The second-order valence-electron chi connectivity index (χ2n) is 6.95. The van der Waals surface area contributed by atoms with Gasteiger partial charge in [-0.15, -0.1) is 10.2 Å². The zero-order chi connectivity index (χ0) is 23.1. The maximum Gasteiger partial charge on any atom is 0.387 e. The van der Waals surface area contributed by atoms with Crippen LogP contribution in [-0.2, 0) is 11.3 Å². The summed E-state index contributed by atoms with van der Waals surface area (Å²) in [5.74, 6) is 0.239. The second kappa shape index (κ2) is 10.9. The Balaban J connectivity index is 1.62. The largest absolute Gasteiger partial charge is 0.490 e. The van der Waals surface area contributed by atoms with Gasteiger partial charge in [0, 0.05) is 19.3 Å². The summed E-state index contributed by atoms with van der Waals surface area (Å²) in [6.45, 7) is 1.41. The molecule has 0 fully saturated rings. The zero-order valence-electron chi connectivity index (χ0n) is 18.0. The molecule has 0 atom stereocenters. The highest BCUT2D eigenvalue weighted by Crippen LogP contribution is 2.30. The third-order valence-electron chi connectivity index (χ3n) is 4.52. The first-order valence-corrected chi connectivity index (χ1v) is 10.9. The molecule has 32 heavy (non-hydrogen) atoms. The van der Waals surface area contributed by atoms with Gasteiger partial charge in [-0.3, -0.25) is 9.36 Å². The van der Waals surface area contributed by atoms with Crippen LogP contribution in [0.5, 0.6) is 11.5 Å². The minimum Gasteiger partial charge on any atom is -0.490 e. The summed E-state index contributed by atoms with van der Waals surface area (Å²) in [6.07, 6.45) is 1.61. The maximum atomic E-state index is 12.7. The van der Waals surface area contributed by atoms with E-state index in [4.69, 9.17) is 4.74 Å². The molecule has 1 amide bonds. The fourth-order valence-electron chi connectivity index (χ4n) is 2.92. The number of rotatable bonds is 10. The van der Waals surface area contributed by atoms with E-state index in [1.807, 2.05) is 35.8 Å². The van der Waals surface area contributed by atoms with Crippen LogP contribution in [0.3, 0.4) is 0 Å². The molecule has 0 spiro atoms. The van der Waals surface area contributed by atoms with Gasteiger partial charge < -0.3 is 14.4 Å². The highest BCUT2D eigenvalue weighted by molar-refractivity contribution is 7.99. The first-order valence-electron chi connectivity index (χ1n) is 9.91. The minimum absolute atomic E-state index is 0.0365. The molecule has 3 rings (SSSR count). The van der Waals surface area contributed by atoms with Gasteiger partial charge in [-0.05, 0) is 43.7 Å². The topological polar surface area (TPSA) is 69.5 Å². The molecule has 1 heterocycles. The van der Waals surface area contributed by atoms with Crippen molar-refractivity contribution in [2.75, 3.05) is 19.4 Å². The second-order valence-corrected chi connectivity index (χ2v) is 7.89. The molecule has 0 aliphatic heterocycles. The number of alkyl halides is 2. The number of halogens is 2. The minimum atomic E-state index is -2.94. The molecule has 0 saturated heterocycles. The molecule has 0 saturated carbocycles. The number of hydrogen-bond acceptors (Lipinski definition) is 6. The first-order chi connectivity index (χ1) is 15.4. The van der Waals surface area contributed by atoms with Crippen molar-refractivity contribution in [1.29, 1.82) is 0 Å². The van der Waals surface area contributed by atoms with Crippen LogP contribution < -0.4 is 9.47 Å². The number of aryl methyl sites for hydroxylation is 1. The monoisotopic (exact) mass is 462 g/mol. The molecule has 1 aromatic heterocycles. The molecule has 0 radical (unpaired) electrons. The number of carbonyl (C=O) groups is 1. The smallest absolute Gasteiger partial charge is 0.387 e. The van der Waals surface area contributed by atoms with Crippen molar-refractivity contribution < 1.29 is 23.0 Å². The Morgan fingerprint density at radius 3 is 2.62 bits per heavy atom. The summed E-state index contributed by atoms with van der Waals surface area (Å²) in [7, 11) is 1.68. The van der Waals surface area contributed by atoms with E-state index in [1.54, 1.807) is 37.3 Å². The Kier molecular flexibility index (Phi) is 8.04. The molecule has 170 valence electrons. The summed E-state index contributed by atoms with van der Waals surface area (Å²) in [5.41, 5.74) is 2.80. The van der Waals surface area contributed by atoms with E-state index in [-0.39, 0.29) is 23.2 Å². The number of hydrogen-bond donors (Lipinski definition) is 0. The lowest BCUT2D eigenvalue weighted by Crippen LogP contribution is -2.28. The number of benzene rings is 2. The van der Waals surface area contributed by atoms with Gasteiger partial charge in [0.25, 0.3) is 0 Å². The quantitative estimate of drug-likeness (QED) is 0.418. The molecule has 0 bridgehead atoms. The highest BCUT2D eigenvalue weighted by Gasteiger charge is 2.16. The Labute approximate surface area is 189 Å². The summed E-state index contributed by atoms with van der Waals surface area (Å²) in [6, 6.07) is 12.6. The van der Waals surface area contributed by atoms with Crippen molar-refractivity contribution in [3.8, 4) is 17.2 Å². The molecule has 0 N–H and O–H groups in total. The number of thioether (sulfide) groups is 1. The summed E-state index contributed by atoms with van der Waals surface area (Å²) < 4.78 is 36.8. The Morgan fingerprint density at radius 1 is 1.19 bits per heavy atom. The average molecular weight is 463 g/mol. The van der Waals surface area contributed by atoms with E-state index < -0.39 is 6.61 Å². The molecule has 0 aliphatic carbocycles. The SMILES string of the molecule is CCOc1cc(CN(C)C(=O)CSc2nncn2-c2ccc(C)cc2)ccc1OC(F)F. The first kappa shape index (κ1) is 23.5. The lowest BCUT2D eigenvalue weighted by atomic mass is 10.2. The van der Waals surface area contributed by atoms with Crippen molar-refractivity contribution in [3.63, 3.8) is 0 Å². The van der Waals surface area contributed by atoms with Crippen molar-refractivity contribution in [2.45, 2.75) is 32.2 Å². The van der Waals surface area contributed by atoms with Crippen LogP contribution in [0.2, 0.25) is 0 Å². The third-order valence-corrected chi connectivity index (χ3v) is 5.45. The molecule has 7 nitrogen and oxygen atoms in total. The average Bonchev–Trinajstić information content (AvgIpc) is 3.23. The molecular formula is C22H24F2N4O3S. The normalized spacial score (nSPS) is 10.9. The number of amides is 1. The molecule has 3 aromatic rings. The van der Waals surface area contributed by atoms with Crippen molar-refractivity contribution in [2.24, 2.45) is 0 Å². The van der Waals surface area contributed by atoms with Crippen molar-refractivity contribution in [3.05, 3.63) is 59.9 Å². The van der Waals surface area contributed by atoms with Crippen LogP contribution in [-0.4, -0.2) is 51.6 Å². The standard InChI is InChI=1S/C22H24F2N4O3S/c1-4-30-19-11-16(7-10-18(19)31-21(23)24)12-27(3)20(29)13-32-22-26-25-14-28(22)17-8-5-15(2)6-9-17/h5-11,14,21H,4,12-13H2,1-3H3. The molecule has 2 aromatic carbocycles. The summed E-state index contributed by atoms with van der Waals surface area (Å²) >= 11 is 1.29. The van der Waals surface area contributed by atoms with Gasteiger partial charge in [0.15, 0.2) is 16.7 Å². The van der Waals surface area contributed by atoms with Gasteiger partial charge in [0.2, 0.25) is 5.91 Å². The molecule has 10 heteroatoms. The van der Waals surface area contributed by atoms with Crippen LogP contribution in [0.1, 0.15) is 18.1 Å². The Bertz CT molecular complexity index is 1040. The van der Waals surface area contributed by atoms with Gasteiger partial charge in [0.05, 0.1) is 12.4 Å². The molecule has 0 aliphatic rings. The fourth-order valence-corrected chi connectivity index (χ4v) is 3.79. The van der Waals surface area contributed by atoms with Crippen molar-refractivity contribution in [1.82, 2.24) is 19.7 Å². The van der Waals surface area contributed by atoms with Crippen LogP contribution in [0.15, 0.2) is 53.9 Å². The zero-order valence-corrected chi connectivity index (χ0v) is 18.8. The van der Waals surface area contributed by atoms with E-state index in [1.165, 1.54) is 17.8 Å². The van der Waals surface area contributed by atoms with E-state index in [0.717, 1.165) is 16.8 Å². The van der Waals surface area contributed by atoms with Crippen LogP contribution in [0.25, 0.3) is 5.69 Å². The van der Waals surface area contributed by atoms with E-state index >= 15 is 0 Å². The van der Waals surface area contributed by atoms with E-state index in [0.29, 0.717) is 18.3 Å². The van der Waals surface area contributed by atoms with Crippen LogP contribution in [0, 0.1) is 6.92 Å². The van der Waals surface area contributed by atoms with Gasteiger partial charge in [0.1, 0.15) is 6.33 Å². The fraction of sp³-hybridized carbons (Fsp3) is 0.318. The van der Waals surface area contributed by atoms with E-state index in [9.17, 15) is 13.6 Å². The highest BCUT2D eigenvalue weighted by atomic mass is 32.2. The third kappa shape index (κ3) is 6.19. The Hall–Kier alpha value is -3.14. The van der Waals surface area contributed by atoms with Crippen LogP contribution in [0.4, 0.5) is 8.78 Å². The lowest BCUT2D eigenvalue weighted by Gasteiger charge is -2.18. The summed E-state index contributed by atoms with van der Waals surface area (Å²) in [5, 5.41) is 8.68. The van der Waals surface area contributed by atoms with Gasteiger partial charge in [-0.2, -0.15) is 8.78 Å². The number of carbonyl (C=O) groups excluding carboxylic acids is 1. The van der Waals surface area contributed by atoms with Gasteiger partial charge in [-0.25, -0.2) is 0 Å². The van der Waals surface area contributed by atoms with E-state index in [2.05, 4.69) is 14.9 Å². The molecular weight excluding hydrogens is 438 g/mol. The summed E-state index contributed by atoms with van der Waals surface area (Å²) in [4.78, 5) is 14.2. The predicted molar refractivity (Wildman–Crippen MR) is 118 cm³/mol. The lowest BCUT2D eigenvalue weighted by molar-refractivity contribution is -0.127. The maximum absolute atomic E-state index is 12.7. The van der Waals surface area contributed by atoms with Gasteiger partial charge in [-0.1, -0.05) is 35.5 Å². The number of nitrogens with zero attached hydrogens (tertiary/aromatic N) is 4. The Morgan fingerprint density at radius 2 is 1.94 bits per heavy atom. The predicted octanol–water partition coefficient (Wildman–Crippen LogP) is 4.33. The molecule has 0 unspecified atom stereocenters. The van der Waals surface area contributed by atoms with Crippen LogP contribution >= 0.6 is 11.8 Å². The number of ether oxygens (including phenoxy) is 2.